The molecule has 2 aliphatic rings. The van der Waals surface area contributed by atoms with E-state index in [0.29, 0.717) is 5.54 Å². The zero-order valence-electron chi connectivity index (χ0n) is 13.5. The fourth-order valence-corrected chi connectivity index (χ4v) is 4.05. The summed E-state index contributed by atoms with van der Waals surface area (Å²) in [5.41, 5.74) is 8.59. The van der Waals surface area contributed by atoms with Gasteiger partial charge < -0.3 is 10.6 Å². The molecule has 1 spiro atoms. The van der Waals surface area contributed by atoms with E-state index < -0.39 is 0 Å². The predicted octanol–water partition coefficient (Wildman–Crippen LogP) is 3.56. The highest BCUT2D eigenvalue weighted by molar-refractivity contribution is 5.85. The highest BCUT2D eigenvalue weighted by atomic mass is 35.5. The van der Waals surface area contributed by atoms with Gasteiger partial charge in [0.25, 0.3) is 0 Å². The standard InChI is InChI=1S/C17H27N3.2ClH/c1-19-10-11-20(13-15-6-5-7-16(18)12-15)17(14-19)8-3-2-4-9-17;;/h5-7,12H,2-4,8-11,13-14,18H2,1H3;2*1H. The number of nitrogens with two attached hydrogens (primary N) is 1. The SMILES string of the molecule is CN1CCN(Cc2cccc(N)c2)C2(CCCCC2)C1.Cl.Cl. The Morgan fingerprint density at radius 2 is 1.82 bits per heavy atom. The summed E-state index contributed by atoms with van der Waals surface area (Å²) in [5.74, 6) is 0. The number of nitrogen functional groups attached to an aromatic ring is 1. The summed E-state index contributed by atoms with van der Waals surface area (Å²) >= 11 is 0. The number of nitrogens with zero attached hydrogens (tertiary/aromatic N) is 2. The van der Waals surface area contributed by atoms with Gasteiger partial charge in [0, 0.05) is 37.4 Å². The molecule has 3 rings (SSSR count). The van der Waals surface area contributed by atoms with E-state index in [1.165, 1.54) is 57.3 Å². The van der Waals surface area contributed by atoms with E-state index >= 15 is 0 Å². The van der Waals surface area contributed by atoms with Crippen LogP contribution in [0.1, 0.15) is 37.7 Å². The minimum atomic E-state index is 0. The number of likely N-dealkylation sites (N-methyl/N-ethyl adjacent to an activating group) is 1. The maximum Gasteiger partial charge on any atom is 0.0340 e. The van der Waals surface area contributed by atoms with Crippen LogP contribution in [0.5, 0.6) is 0 Å². The first-order chi connectivity index (χ1) is 9.68. The molecule has 1 saturated heterocycles. The first kappa shape index (κ1) is 19.6. The van der Waals surface area contributed by atoms with Gasteiger partial charge >= 0.3 is 0 Å². The molecule has 2 fully saturated rings. The number of halogens is 2. The van der Waals surface area contributed by atoms with Crippen LogP contribution in [0.3, 0.4) is 0 Å². The van der Waals surface area contributed by atoms with Crippen molar-refractivity contribution in [3.05, 3.63) is 29.8 Å². The third-order valence-electron chi connectivity index (χ3n) is 5.10. The maximum atomic E-state index is 5.93. The Hall–Kier alpha value is -0.480. The fourth-order valence-electron chi connectivity index (χ4n) is 4.05. The average molecular weight is 346 g/mol. The van der Waals surface area contributed by atoms with Crippen LogP contribution in [0, 0.1) is 0 Å². The van der Waals surface area contributed by atoms with E-state index in [1.807, 2.05) is 6.07 Å². The van der Waals surface area contributed by atoms with Crippen molar-refractivity contribution in [1.29, 1.82) is 0 Å². The van der Waals surface area contributed by atoms with E-state index in [4.69, 9.17) is 5.73 Å². The molecule has 2 N–H and O–H groups in total. The number of anilines is 1. The molecule has 3 nitrogen and oxygen atoms in total. The number of rotatable bonds is 2. The molecule has 1 aromatic rings. The smallest absolute Gasteiger partial charge is 0.0340 e. The Morgan fingerprint density at radius 3 is 2.50 bits per heavy atom. The monoisotopic (exact) mass is 345 g/mol. The van der Waals surface area contributed by atoms with Gasteiger partial charge in [-0.25, -0.2) is 0 Å². The molecule has 0 amide bonds. The van der Waals surface area contributed by atoms with E-state index in [-0.39, 0.29) is 24.8 Å². The van der Waals surface area contributed by atoms with Gasteiger partial charge in [-0.05, 0) is 37.6 Å². The van der Waals surface area contributed by atoms with Crippen LogP contribution in [0.2, 0.25) is 0 Å². The summed E-state index contributed by atoms with van der Waals surface area (Å²) in [7, 11) is 2.27. The molecule has 1 heterocycles. The van der Waals surface area contributed by atoms with Crippen molar-refractivity contribution < 1.29 is 0 Å². The summed E-state index contributed by atoms with van der Waals surface area (Å²) < 4.78 is 0. The number of hydrogen-bond donors (Lipinski definition) is 1. The van der Waals surface area contributed by atoms with E-state index in [9.17, 15) is 0 Å². The third kappa shape index (κ3) is 4.29. The molecular formula is C17H29Cl2N3. The van der Waals surface area contributed by atoms with Crippen LogP contribution in [0.15, 0.2) is 24.3 Å². The van der Waals surface area contributed by atoms with Crippen molar-refractivity contribution in [2.45, 2.75) is 44.2 Å². The maximum absolute atomic E-state index is 5.93. The van der Waals surface area contributed by atoms with Crippen molar-refractivity contribution in [2.75, 3.05) is 32.4 Å². The molecule has 0 aromatic heterocycles. The zero-order valence-corrected chi connectivity index (χ0v) is 15.1. The van der Waals surface area contributed by atoms with Crippen LogP contribution >= 0.6 is 24.8 Å². The number of benzene rings is 1. The minimum Gasteiger partial charge on any atom is -0.399 e. The molecule has 1 aliphatic carbocycles. The van der Waals surface area contributed by atoms with E-state index in [0.717, 1.165) is 12.2 Å². The van der Waals surface area contributed by atoms with Crippen molar-refractivity contribution in [2.24, 2.45) is 0 Å². The first-order valence-corrected chi connectivity index (χ1v) is 7.96. The topological polar surface area (TPSA) is 32.5 Å². The molecule has 0 radical (unpaired) electrons. The van der Waals surface area contributed by atoms with Crippen LogP contribution < -0.4 is 5.73 Å². The number of hydrogen-bond acceptors (Lipinski definition) is 3. The van der Waals surface area contributed by atoms with Gasteiger partial charge in [-0.1, -0.05) is 31.4 Å². The Kier molecular flexibility index (Phi) is 7.47. The molecule has 1 aliphatic heterocycles. The minimum absolute atomic E-state index is 0. The van der Waals surface area contributed by atoms with Gasteiger partial charge in [0.05, 0.1) is 0 Å². The molecule has 1 aromatic carbocycles. The fraction of sp³-hybridized carbons (Fsp3) is 0.647. The Bertz CT molecular complexity index is 461. The second-order valence-corrected chi connectivity index (χ2v) is 6.69. The Labute approximate surface area is 147 Å². The quantitative estimate of drug-likeness (QED) is 0.831. The van der Waals surface area contributed by atoms with Gasteiger partial charge in [-0.3, -0.25) is 4.90 Å². The normalized spacial score (nSPS) is 21.9. The molecule has 1 saturated carbocycles. The highest BCUT2D eigenvalue weighted by Gasteiger charge is 2.41. The van der Waals surface area contributed by atoms with Gasteiger partial charge in [-0.15, -0.1) is 24.8 Å². The van der Waals surface area contributed by atoms with Crippen molar-refractivity contribution in [1.82, 2.24) is 9.80 Å². The zero-order chi connectivity index (χ0) is 14.0. The summed E-state index contributed by atoms with van der Waals surface area (Å²) in [6, 6.07) is 8.40. The van der Waals surface area contributed by atoms with Gasteiger partial charge in [0.15, 0.2) is 0 Å². The summed E-state index contributed by atoms with van der Waals surface area (Å²) in [6.45, 7) is 4.66. The van der Waals surface area contributed by atoms with Crippen molar-refractivity contribution >= 4 is 30.5 Å². The largest absolute Gasteiger partial charge is 0.399 e. The molecule has 5 heteroatoms. The number of piperazine rings is 1. The highest BCUT2D eigenvalue weighted by Crippen LogP contribution is 2.37. The molecule has 22 heavy (non-hydrogen) atoms. The Morgan fingerprint density at radius 1 is 1.09 bits per heavy atom. The summed E-state index contributed by atoms with van der Waals surface area (Å²) in [4.78, 5) is 5.25. The van der Waals surface area contributed by atoms with E-state index in [2.05, 4.69) is 35.0 Å². The second kappa shape index (κ2) is 8.39. The molecular weight excluding hydrogens is 317 g/mol. The molecule has 126 valence electrons. The molecule has 0 atom stereocenters. The van der Waals surface area contributed by atoms with Crippen molar-refractivity contribution in [3.63, 3.8) is 0 Å². The van der Waals surface area contributed by atoms with Crippen LogP contribution in [-0.4, -0.2) is 42.0 Å². The van der Waals surface area contributed by atoms with Crippen molar-refractivity contribution in [3.8, 4) is 0 Å². The van der Waals surface area contributed by atoms with Crippen LogP contribution in [0.25, 0.3) is 0 Å². The lowest BCUT2D eigenvalue weighted by atomic mass is 9.78. The molecule has 0 unspecified atom stereocenters. The van der Waals surface area contributed by atoms with Crippen LogP contribution in [0.4, 0.5) is 5.69 Å². The second-order valence-electron chi connectivity index (χ2n) is 6.69. The van der Waals surface area contributed by atoms with Gasteiger partial charge in [-0.2, -0.15) is 0 Å². The lowest BCUT2D eigenvalue weighted by Gasteiger charge is -2.52. The summed E-state index contributed by atoms with van der Waals surface area (Å²) in [5, 5.41) is 0. The lowest BCUT2D eigenvalue weighted by Crippen LogP contribution is -2.61. The van der Waals surface area contributed by atoms with Crippen LogP contribution in [-0.2, 0) is 6.54 Å². The summed E-state index contributed by atoms with van der Waals surface area (Å²) in [6.07, 6.45) is 6.92. The Balaban J connectivity index is 0.00000121. The first-order valence-electron chi connectivity index (χ1n) is 7.96. The van der Waals surface area contributed by atoms with E-state index in [1.54, 1.807) is 0 Å². The lowest BCUT2D eigenvalue weighted by molar-refractivity contribution is -0.0238. The van der Waals surface area contributed by atoms with Gasteiger partial charge in [0.2, 0.25) is 0 Å². The molecule has 0 bridgehead atoms. The average Bonchev–Trinajstić information content (AvgIpc) is 2.43. The third-order valence-corrected chi connectivity index (χ3v) is 5.10. The van der Waals surface area contributed by atoms with Gasteiger partial charge in [0.1, 0.15) is 0 Å². The predicted molar refractivity (Wildman–Crippen MR) is 99.1 cm³/mol.